The summed E-state index contributed by atoms with van der Waals surface area (Å²) in [5.74, 6) is -0.955. The van der Waals surface area contributed by atoms with Crippen LogP contribution in [0.4, 0.5) is 5.69 Å². The molecule has 0 N–H and O–H groups in total. The highest BCUT2D eigenvalue weighted by Gasteiger charge is 2.23. The maximum Gasteiger partial charge on any atom is 0.253 e. The van der Waals surface area contributed by atoms with Crippen molar-refractivity contribution in [2.24, 2.45) is 0 Å². The van der Waals surface area contributed by atoms with Gasteiger partial charge in [-0.05, 0) is 60.5 Å². The Balaban J connectivity index is 1.68. The SMILES string of the molecule is CCN(CC)C(=O)c1cccc(N(Cc2ccc3ccccc3c2)C(=O)CC(=O)c2ncccn2)c1. The van der Waals surface area contributed by atoms with E-state index in [1.54, 1.807) is 40.1 Å². The fourth-order valence-electron chi connectivity index (χ4n) is 4.10. The number of carbonyl (C=O) groups excluding carboxylic acids is 3. The Labute approximate surface area is 210 Å². The van der Waals surface area contributed by atoms with E-state index in [4.69, 9.17) is 0 Å². The molecule has 1 aromatic heterocycles. The second-order valence-corrected chi connectivity index (χ2v) is 8.36. The van der Waals surface area contributed by atoms with Crippen LogP contribution in [0.1, 0.15) is 46.8 Å². The minimum Gasteiger partial charge on any atom is -0.339 e. The van der Waals surface area contributed by atoms with E-state index < -0.39 is 11.7 Å². The van der Waals surface area contributed by atoms with Gasteiger partial charge in [-0.2, -0.15) is 0 Å². The average Bonchev–Trinajstić information content (AvgIpc) is 2.92. The molecule has 0 aliphatic heterocycles. The molecule has 4 aromatic rings. The van der Waals surface area contributed by atoms with Crippen molar-refractivity contribution in [3.05, 3.63) is 102 Å². The summed E-state index contributed by atoms with van der Waals surface area (Å²) in [5, 5.41) is 2.16. The Bertz CT molecular complexity index is 1380. The lowest BCUT2D eigenvalue weighted by Gasteiger charge is -2.24. The minimum absolute atomic E-state index is 0.00182. The number of hydrogen-bond donors (Lipinski definition) is 0. The summed E-state index contributed by atoms with van der Waals surface area (Å²) in [7, 11) is 0. The van der Waals surface area contributed by atoms with E-state index in [0.717, 1.165) is 16.3 Å². The van der Waals surface area contributed by atoms with Crippen LogP contribution in [0.15, 0.2) is 85.2 Å². The van der Waals surface area contributed by atoms with Crippen molar-refractivity contribution in [2.45, 2.75) is 26.8 Å². The minimum atomic E-state index is -0.459. The largest absolute Gasteiger partial charge is 0.339 e. The average molecular weight is 481 g/mol. The number of carbonyl (C=O) groups is 3. The van der Waals surface area contributed by atoms with Crippen LogP contribution in [-0.2, 0) is 11.3 Å². The summed E-state index contributed by atoms with van der Waals surface area (Å²) >= 11 is 0. The molecule has 0 aliphatic rings. The second kappa shape index (κ2) is 11.4. The van der Waals surface area contributed by atoms with E-state index in [-0.39, 0.29) is 24.7 Å². The van der Waals surface area contributed by atoms with E-state index in [1.165, 1.54) is 12.4 Å². The molecule has 0 spiro atoms. The van der Waals surface area contributed by atoms with Crippen LogP contribution in [0.25, 0.3) is 10.8 Å². The lowest BCUT2D eigenvalue weighted by atomic mass is 10.1. The molecule has 0 saturated carbocycles. The Morgan fingerprint density at radius 1 is 0.778 bits per heavy atom. The first-order valence-corrected chi connectivity index (χ1v) is 12.0. The zero-order chi connectivity index (χ0) is 25.5. The maximum atomic E-state index is 13.5. The highest BCUT2D eigenvalue weighted by atomic mass is 16.2. The van der Waals surface area contributed by atoms with Crippen LogP contribution in [0.3, 0.4) is 0 Å². The molecule has 7 nitrogen and oxygen atoms in total. The molecule has 182 valence electrons. The summed E-state index contributed by atoms with van der Waals surface area (Å²) in [6.07, 6.45) is 2.56. The first-order valence-electron chi connectivity index (χ1n) is 12.0. The number of Topliss-reactive ketones (excluding diaryl/α,β-unsaturated/α-hetero) is 1. The Morgan fingerprint density at radius 2 is 1.50 bits per heavy atom. The predicted octanol–water partition coefficient (Wildman–Crippen LogP) is 4.92. The van der Waals surface area contributed by atoms with Crippen molar-refractivity contribution in [1.29, 1.82) is 0 Å². The van der Waals surface area contributed by atoms with Gasteiger partial charge in [0.15, 0.2) is 5.82 Å². The summed E-state index contributed by atoms with van der Waals surface area (Å²) in [6, 6.07) is 22.6. The molecule has 2 amide bonds. The molecule has 36 heavy (non-hydrogen) atoms. The van der Waals surface area contributed by atoms with Crippen LogP contribution in [0, 0.1) is 0 Å². The number of anilines is 1. The number of fused-ring (bicyclic) bond motifs is 1. The van der Waals surface area contributed by atoms with Crippen molar-refractivity contribution in [1.82, 2.24) is 14.9 Å². The lowest BCUT2D eigenvalue weighted by molar-refractivity contribution is -0.117. The zero-order valence-electron chi connectivity index (χ0n) is 20.4. The van der Waals surface area contributed by atoms with Crippen LogP contribution >= 0.6 is 0 Å². The summed E-state index contributed by atoms with van der Waals surface area (Å²) in [6.45, 7) is 5.28. The molecule has 1 heterocycles. The third kappa shape index (κ3) is 5.63. The number of amides is 2. The standard InChI is InChI=1S/C29H28N4O3/c1-3-32(4-2)29(36)24-11-7-12-25(18-24)33(27(35)19-26(34)28-30-15-8-16-31-28)20-21-13-14-22-9-5-6-10-23(22)17-21/h5-18H,3-4,19-20H2,1-2H3. The van der Waals surface area contributed by atoms with Gasteiger partial charge in [0, 0.05) is 36.7 Å². The Morgan fingerprint density at radius 3 is 2.22 bits per heavy atom. The fourth-order valence-corrected chi connectivity index (χ4v) is 4.10. The van der Waals surface area contributed by atoms with E-state index in [2.05, 4.69) is 9.97 Å². The first-order chi connectivity index (χ1) is 17.5. The molecular formula is C29H28N4O3. The van der Waals surface area contributed by atoms with Crippen molar-refractivity contribution >= 4 is 34.1 Å². The number of hydrogen-bond acceptors (Lipinski definition) is 5. The smallest absolute Gasteiger partial charge is 0.253 e. The summed E-state index contributed by atoms with van der Waals surface area (Å²) in [5.41, 5.74) is 1.95. The number of benzene rings is 3. The highest BCUT2D eigenvalue weighted by Crippen LogP contribution is 2.23. The van der Waals surface area contributed by atoms with Crippen molar-refractivity contribution < 1.29 is 14.4 Å². The second-order valence-electron chi connectivity index (χ2n) is 8.36. The third-order valence-electron chi connectivity index (χ3n) is 6.04. The predicted molar refractivity (Wildman–Crippen MR) is 140 cm³/mol. The number of rotatable bonds is 9. The van der Waals surface area contributed by atoms with Crippen molar-refractivity contribution in [3.63, 3.8) is 0 Å². The fraction of sp³-hybridized carbons (Fsp3) is 0.207. The maximum absolute atomic E-state index is 13.5. The van der Waals surface area contributed by atoms with Gasteiger partial charge in [-0.3, -0.25) is 14.4 Å². The number of nitrogens with zero attached hydrogens (tertiary/aromatic N) is 4. The van der Waals surface area contributed by atoms with E-state index in [1.807, 2.05) is 56.3 Å². The lowest BCUT2D eigenvalue weighted by Crippen LogP contribution is -2.33. The Hall–Kier alpha value is -4.39. The molecule has 0 unspecified atom stereocenters. The van der Waals surface area contributed by atoms with Gasteiger partial charge < -0.3 is 9.80 Å². The van der Waals surface area contributed by atoms with Gasteiger partial charge in [0.25, 0.3) is 5.91 Å². The molecule has 0 bridgehead atoms. The molecule has 0 aliphatic carbocycles. The van der Waals surface area contributed by atoms with Gasteiger partial charge >= 0.3 is 0 Å². The summed E-state index contributed by atoms with van der Waals surface area (Å²) < 4.78 is 0. The van der Waals surface area contributed by atoms with E-state index in [9.17, 15) is 14.4 Å². The van der Waals surface area contributed by atoms with Gasteiger partial charge in [0.1, 0.15) is 0 Å². The van der Waals surface area contributed by atoms with Crippen LogP contribution in [0.5, 0.6) is 0 Å². The van der Waals surface area contributed by atoms with Crippen molar-refractivity contribution in [2.75, 3.05) is 18.0 Å². The highest BCUT2D eigenvalue weighted by molar-refractivity contribution is 6.10. The van der Waals surface area contributed by atoms with Crippen LogP contribution in [-0.4, -0.2) is 45.6 Å². The van der Waals surface area contributed by atoms with Crippen LogP contribution < -0.4 is 4.90 Å². The van der Waals surface area contributed by atoms with Gasteiger partial charge in [0.2, 0.25) is 11.7 Å². The summed E-state index contributed by atoms with van der Waals surface area (Å²) in [4.78, 5) is 50.4. The normalized spacial score (nSPS) is 10.7. The molecule has 0 atom stereocenters. The molecule has 4 rings (SSSR count). The molecule has 3 aromatic carbocycles. The molecular weight excluding hydrogens is 452 g/mol. The van der Waals surface area contributed by atoms with E-state index >= 15 is 0 Å². The zero-order valence-corrected chi connectivity index (χ0v) is 20.4. The molecule has 0 saturated heterocycles. The van der Waals surface area contributed by atoms with Gasteiger partial charge in [0.05, 0.1) is 13.0 Å². The first kappa shape index (κ1) is 24.7. The van der Waals surface area contributed by atoms with Crippen molar-refractivity contribution in [3.8, 4) is 0 Å². The van der Waals surface area contributed by atoms with E-state index in [0.29, 0.717) is 24.3 Å². The number of ketones is 1. The Kier molecular flexibility index (Phi) is 7.80. The molecule has 0 radical (unpaired) electrons. The van der Waals surface area contributed by atoms with Crippen LogP contribution in [0.2, 0.25) is 0 Å². The topological polar surface area (TPSA) is 83.5 Å². The van der Waals surface area contributed by atoms with Gasteiger partial charge in [-0.15, -0.1) is 0 Å². The molecule has 0 fully saturated rings. The quantitative estimate of drug-likeness (QED) is 0.251. The third-order valence-corrected chi connectivity index (χ3v) is 6.04. The molecule has 7 heteroatoms. The van der Waals surface area contributed by atoms with Gasteiger partial charge in [-0.1, -0.05) is 42.5 Å². The number of aromatic nitrogens is 2. The monoisotopic (exact) mass is 480 g/mol. The van der Waals surface area contributed by atoms with Gasteiger partial charge in [-0.25, -0.2) is 9.97 Å².